The number of carbonyl (C=O) groups is 1. The molecule has 0 fully saturated rings. The number of thiocarbonyl (C=S) groups is 1. The molecule has 1 heterocycles. The molecule has 100 valence electrons. The number of amides is 1. The van der Waals surface area contributed by atoms with Crippen molar-refractivity contribution in [2.75, 3.05) is 13.6 Å². The minimum atomic E-state index is -0.307. The number of carbonyl (C=O) groups excluding carboxylic acids is 1. The predicted octanol–water partition coefficient (Wildman–Crippen LogP) is 2.45. The highest BCUT2D eigenvalue weighted by Crippen LogP contribution is 2.13. The number of likely N-dealkylation sites (N-methyl/N-ethyl adjacent to an activating group) is 1. The van der Waals surface area contributed by atoms with E-state index in [4.69, 9.17) is 18.0 Å². The Hall–Kier alpha value is -0.940. The zero-order chi connectivity index (χ0) is 13.5. The Bertz CT molecular complexity index is 390. The van der Waals surface area contributed by atoms with Crippen LogP contribution in [0.4, 0.5) is 0 Å². The first kappa shape index (κ1) is 15.1. The molecule has 0 aliphatic heterocycles. The molecule has 0 saturated carbocycles. The first-order valence-electron chi connectivity index (χ1n) is 6.13. The van der Waals surface area contributed by atoms with Crippen LogP contribution < -0.4 is 5.73 Å². The summed E-state index contributed by atoms with van der Waals surface area (Å²) in [5.41, 5.74) is 5.64. The lowest BCUT2D eigenvalue weighted by atomic mass is 10.0. The van der Waals surface area contributed by atoms with Gasteiger partial charge in [0.2, 0.25) is 5.91 Å². The lowest BCUT2D eigenvalue weighted by molar-refractivity contribution is -0.132. The number of rotatable bonds is 7. The van der Waals surface area contributed by atoms with Gasteiger partial charge in [0.1, 0.15) is 0 Å². The fraction of sp³-hybridized carbons (Fsp3) is 0.538. The maximum absolute atomic E-state index is 12.2. The summed E-state index contributed by atoms with van der Waals surface area (Å²) in [5, 5.41) is 2.05. The average molecular weight is 284 g/mol. The van der Waals surface area contributed by atoms with Crippen LogP contribution in [0.1, 0.15) is 24.6 Å². The third kappa shape index (κ3) is 4.38. The quantitative estimate of drug-likeness (QED) is 0.782. The third-order valence-corrected chi connectivity index (χ3v) is 4.09. The van der Waals surface area contributed by atoms with Crippen molar-refractivity contribution in [3.63, 3.8) is 0 Å². The molecule has 0 radical (unpaired) electrons. The number of nitrogens with zero attached hydrogens (tertiary/aromatic N) is 1. The van der Waals surface area contributed by atoms with Crippen LogP contribution in [0.15, 0.2) is 17.5 Å². The standard InChI is InChI=1S/C13H20N2OS2/c1-3-5-11(12(14)17)13(16)15(2)8-7-10-6-4-9-18-10/h4,6,9,11H,3,5,7-8H2,1-2H3,(H2,14,17). The molecule has 1 atom stereocenters. The topological polar surface area (TPSA) is 46.3 Å². The van der Waals surface area contributed by atoms with E-state index in [9.17, 15) is 4.79 Å². The second kappa shape index (κ2) is 7.48. The number of hydrogen-bond acceptors (Lipinski definition) is 3. The van der Waals surface area contributed by atoms with E-state index in [1.54, 1.807) is 16.2 Å². The monoisotopic (exact) mass is 284 g/mol. The summed E-state index contributed by atoms with van der Waals surface area (Å²) in [6, 6.07) is 4.11. The number of hydrogen-bond donors (Lipinski definition) is 1. The van der Waals surface area contributed by atoms with Gasteiger partial charge in [0.05, 0.1) is 10.9 Å². The second-order valence-corrected chi connectivity index (χ2v) is 5.84. The molecular weight excluding hydrogens is 264 g/mol. The van der Waals surface area contributed by atoms with Crippen molar-refractivity contribution in [1.29, 1.82) is 0 Å². The van der Waals surface area contributed by atoms with Gasteiger partial charge in [0.15, 0.2) is 0 Å². The van der Waals surface area contributed by atoms with Gasteiger partial charge >= 0.3 is 0 Å². The molecule has 18 heavy (non-hydrogen) atoms. The third-order valence-electron chi connectivity index (χ3n) is 2.87. The molecule has 1 unspecified atom stereocenters. The van der Waals surface area contributed by atoms with Crippen molar-refractivity contribution >= 4 is 34.5 Å². The molecule has 0 aliphatic carbocycles. The van der Waals surface area contributed by atoms with Crippen LogP contribution in [0.5, 0.6) is 0 Å². The Labute approximate surface area is 118 Å². The number of nitrogens with two attached hydrogens (primary N) is 1. The summed E-state index contributed by atoms with van der Waals surface area (Å²) in [7, 11) is 1.82. The van der Waals surface area contributed by atoms with Crippen LogP contribution in [0.2, 0.25) is 0 Å². The lowest BCUT2D eigenvalue weighted by Gasteiger charge is -2.22. The largest absolute Gasteiger partial charge is 0.393 e. The molecule has 5 heteroatoms. The average Bonchev–Trinajstić information content (AvgIpc) is 2.84. The van der Waals surface area contributed by atoms with E-state index in [2.05, 4.69) is 6.07 Å². The van der Waals surface area contributed by atoms with Crippen molar-refractivity contribution in [1.82, 2.24) is 4.90 Å². The molecule has 1 amide bonds. The minimum absolute atomic E-state index is 0.0425. The maximum Gasteiger partial charge on any atom is 0.232 e. The van der Waals surface area contributed by atoms with E-state index in [1.165, 1.54) is 4.88 Å². The highest BCUT2D eigenvalue weighted by atomic mass is 32.1. The second-order valence-electron chi connectivity index (χ2n) is 4.33. The van der Waals surface area contributed by atoms with Crippen LogP contribution in [0, 0.1) is 5.92 Å². The Kier molecular flexibility index (Phi) is 6.29. The van der Waals surface area contributed by atoms with Crippen LogP contribution in [0.3, 0.4) is 0 Å². The van der Waals surface area contributed by atoms with Gasteiger partial charge in [-0.2, -0.15) is 0 Å². The van der Waals surface area contributed by atoms with E-state index in [0.29, 0.717) is 11.5 Å². The van der Waals surface area contributed by atoms with Crippen molar-refractivity contribution < 1.29 is 4.79 Å². The van der Waals surface area contributed by atoms with Gasteiger partial charge in [-0.15, -0.1) is 11.3 Å². The Morgan fingerprint density at radius 2 is 2.33 bits per heavy atom. The SMILES string of the molecule is CCCC(C(=O)N(C)CCc1cccs1)C(N)=S. The van der Waals surface area contributed by atoms with Gasteiger partial charge in [0.25, 0.3) is 0 Å². The first-order valence-corrected chi connectivity index (χ1v) is 7.41. The molecule has 0 bridgehead atoms. The Morgan fingerprint density at radius 3 is 2.83 bits per heavy atom. The lowest BCUT2D eigenvalue weighted by Crippen LogP contribution is -2.39. The molecule has 1 aromatic heterocycles. The van der Waals surface area contributed by atoms with Gasteiger partial charge in [0, 0.05) is 18.5 Å². The fourth-order valence-corrected chi connectivity index (χ4v) is 2.70. The summed E-state index contributed by atoms with van der Waals surface area (Å²) in [5.74, 6) is -0.265. The van der Waals surface area contributed by atoms with Gasteiger partial charge < -0.3 is 10.6 Å². The molecule has 0 aromatic carbocycles. The van der Waals surface area contributed by atoms with Crippen LogP contribution in [0.25, 0.3) is 0 Å². The first-order chi connectivity index (χ1) is 8.56. The van der Waals surface area contributed by atoms with E-state index >= 15 is 0 Å². The van der Waals surface area contributed by atoms with Crippen LogP contribution >= 0.6 is 23.6 Å². The molecule has 0 aliphatic rings. The number of thiophene rings is 1. The summed E-state index contributed by atoms with van der Waals surface area (Å²) in [6.45, 7) is 2.74. The van der Waals surface area contributed by atoms with Gasteiger partial charge in [-0.25, -0.2) is 0 Å². The summed E-state index contributed by atoms with van der Waals surface area (Å²) in [4.78, 5) is 15.5. The van der Waals surface area contributed by atoms with Crippen molar-refractivity contribution in [2.45, 2.75) is 26.2 Å². The van der Waals surface area contributed by atoms with E-state index in [1.807, 2.05) is 25.4 Å². The van der Waals surface area contributed by atoms with Crippen molar-refractivity contribution in [3.05, 3.63) is 22.4 Å². The minimum Gasteiger partial charge on any atom is -0.393 e. The van der Waals surface area contributed by atoms with E-state index in [0.717, 1.165) is 19.3 Å². The molecule has 1 rings (SSSR count). The van der Waals surface area contributed by atoms with E-state index in [-0.39, 0.29) is 11.8 Å². The molecule has 0 spiro atoms. The molecule has 0 saturated heterocycles. The fourth-order valence-electron chi connectivity index (χ4n) is 1.79. The summed E-state index contributed by atoms with van der Waals surface area (Å²) in [6.07, 6.45) is 2.53. The predicted molar refractivity (Wildman–Crippen MR) is 80.8 cm³/mol. The van der Waals surface area contributed by atoms with Gasteiger partial charge in [-0.3, -0.25) is 4.79 Å². The molecular formula is C13H20N2OS2. The van der Waals surface area contributed by atoms with Gasteiger partial charge in [-0.05, 0) is 24.3 Å². The smallest absolute Gasteiger partial charge is 0.232 e. The van der Waals surface area contributed by atoms with Crippen LogP contribution in [-0.2, 0) is 11.2 Å². The zero-order valence-electron chi connectivity index (χ0n) is 10.9. The molecule has 2 N–H and O–H groups in total. The summed E-state index contributed by atoms with van der Waals surface area (Å²) >= 11 is 6.69. The maximum atomic E-state index is 12.2. The van der Waals surface area contributed by atoms with Crippen molar-refractivity contribution in [2.24, 2.45) is 11.7 Å². The Morgan fingerprint density at radius 1 is 1.61 bits per heavy atom. The zero-order valence-corrected chi connectivity index (χ0v) is 12.5. The molecule has 3 nitrogen and oxygen atoms in total. The molecule has 1 aromatic rings. The summed E-state index contributed by atoms with van der Waals surface area (Å²) < 4.78 is 0. The normalized spacial score (nSPS) is 12.1. The van der Waals surface area contributed by atoms with Gasteiger partial charge in [-0.1, -0.05) is 31.6 Å². The highest BCUT2D eigenvalue weighted by Gasteiger charge is 2.23. The van der Waals surface area contributed by atoms with E-state index < -0.39 is 0 Å². The van der Waals surface area contributed by atoms with Crippen LogP contribution in [-0.4, -0.2) is 29.4 Å². The Balaban J connectivity index is 2.51. The van der Waals surface area contributed by atoms with Crippen molar-refractivity contribution in [3.8, 4) is 0 Å². The highest BCUT2D eigenvalue weighted by molar-refractivity contribution is 7.80.